The van der Waals surface area contributed by atoms with Crippen LogP contribution in [0.1, 0.15) is 44.1 Å². The van der Waals surface area contributed by atoms with Gasteiger partial charge in [0, 0.05) is 12.0 Å². The Labute approximate surface area is 132 Å². The predicted octanol–water partition coefficient (Wildman–Crippen LogP) is 3.53. The first-order valence-electron chi connectivity index (χ1n) is 8.58. The Morgan fingerprint density at radius 1 is 1.18 bits per heavy atom. The number of carbonyl (C=O) groups excluding carboxylic acids is 1. The Hall–Kier alpha value is -1.51. The second-order valence-corrected chi connectivity index (χ2v) is 7.73. The van der Waals surface area contributed by atoms with Gasteiger partial charge in [0.25, 0.3) is 0 Å². The number of hydrogen-bond donors (Lipinski definition) is 1. The van der Waals surface area contributed by atoms with Gasteiger partial charge >= 0.3 is 0 Å². The zero-order chi connectivity index (χ0) is 15.2. The predicted molar refractivity (Wildman–Crippen MR) is 85.4 cm³/mol. The molecule has 3 heteroatoms. The lowest BCUT2D eigenvalue weighted by Gasteiger charge is -2.55. The third-order valence-corrected chi connectivity index (χ3v) is 6.11. The van der Waals surface area contributed by atoms with Crippen molar-refractivity contribution in [1.29, 1.82) is 0 Å². The number of carbonyl (C=O) groups is 1. The van der Waals surface area contributed by atoms with E-state index >= 15 is 0 Å². The summed E-state index contributed by atoms with van der Waals surface area (Å²) >= 11 is 0. The van der Waals surface area contributed by atoms with Crippen molar-refractivity contribution in [3.05, 3.63) is 29.8 Å². The summed E-state index contributed by atoms with van der Waals surface area (Å²) in [5.74, 6) is 3.59. The van der Waals surface area contributed by atoms with Gasteiger partial charge in [-0.15, -0.1) is 0 Å². The summed E-state index contributed by atoms with van der Waals surface area (Å²) in [6.07, 6.45) is 7.52. The van der Waals surface area contributed by atoms with Gasteiger partial charge in [0.05, 0.1) is 7.11 Å². The van der Waals surface area contributed by atoms with Crippen molar-refractivity contribution in [1.82, 2.24) is 5.32 Å². The zero-order valence-electron chi connectivity index (χ0n) is 13.3. The minimum Gasteiger partial charge on any atom is -0.497 e. The van der Waals surface area contributed by atoms with E-state index in [2.05, 4.69) is 5.32 Å². The molecule has 1 aromatic rings. The van der Waals surface area contributed by atoms with Crippen LogP contribution in [0.3, 0.4) is 0 Å². The van der Waals surface area contributed by atoms with Crippen molar-refractivity contribution < 1.29 is 9.53 Å². The Bertz CT molecular complexity index is 545. The van der Waals surface area contributed by atoms with E-state index in [1.54, 1.807) is 7.11 Å². The van der Waals surface area contributed by atoms with Gasteiger partial charge in [0.2, 0.25) is 5.91 Å². The molecule has 0 heterocycles. The first-order valence-corrected chi connectivity index (χ1v) is 8.58. The number of benzene rings is 1. The van der Waals surface area contributed by atoms with Crippen LogP contribution in [0.4, 0.5) is 0 Å². The lowest BCUT2D eigenvalue weighted by atomic mass is 9.49. The average Bonchev–Trinajstić information content (AvgIpc) is 2.51. The number of nitrogens with one attached hydrogen (secondary N) is 1. The van der Waals surface area contributed by atoms with Crippen molar-refractivity contribution in [2.45, 2.75) is 45.1 Å². The molecule has 0 saturated heterocycles. The van der Waals surface area contributed by atoms with Crippen molar-refractivity contribution in [2.75, 3.05) is 7.11 Å². The van der Waals surface area contributed by atoms with Crippen LogP contribution in [0.15, 0.2) is 24.3 Å². The van der Waals surface area contributed by atoms with E-state index in [1.807, 2.05) is 24.3 Å². The quantitative estimate of drug-likeness (QED) is 0.923. The molecule has 4 aliphatic carbocycles. The van der Waals surface area contributed by atoms with E-state index in [9.17, 15) is 4.79 Å². The molecule has 5 rings (SSSR count). The summed E-state index contributed by atoms with van der Waals surface area (Å²) in [6, 6.07) is 7.96. The molecule has 4 saturated carbocycles. The molecule has 0 aliphatic heterocycles. The lowest BCUT2D eigenvalue weighted by Crippen LogP contribution is -2.53. The third-order valence-electron chi connectivity index (χ3n) is 6.11. The molecule has 1 N–H and O–H groups in total. The van der Waals surface area contributed by atoms with Crippen LogP contribution in [-0.2, 0) is 11.3 Å². The molecule has 118 valence electrons. The molecule has 0 spiro atoms. The molecule has 0 radical (unpaired) electrons. The molecule has 0 atom stereocenters. The summed E-state index contributed by atoms with van der Waals surface area (Å²) < 4.78 is 5.25. The number of rotatable bonds is 4. The second-order valence-electron chi connectivity index (χ2n) is 7.73. The molecule has 1 aromatic carbocycles. The highest BCUT2D eigenvalue weighted by molar-refractivity contribution is 5.83. The topological polar surface area (TPSA) is 38.3 Å². The monoisotopic (exact) mass is 299 g/mol. The van der Waals surface area contributed by atoms with E-state index in [0.29, 0.717) is 12.5 Å². The van der Waals surface area contributed by atoms with Crippen LogP contribution in [0, 0.1) is 23.2 Å². The van der Waals surface area contributed by atoms with Crippen molar-refractivity contribution in [3.8, 4) is 5.75 Å². The van der Waals surface area contributed by atoms with Gasteiger partial charge in [-0.05, 0) is 74.0 Å². The van der Waals surface area contributed by atoms with Gasteiger partial charge in [-0.25, -0.2) is 0 Å². The molecular formula is C19H25NO2. The Morgan fingerprint density at radius 2 is 1.82 bits per heavy atom. The summed E-state index contributed by atoms with van der Waals surface area (Å²) in [5, 5.41) is 3.21. The van der Waals surface area contributed by atoms with Gasteiger partial charge < -0.3 is 10.1 Å². The molecule has 22 heavy (non-hydrogen) atoms. The second kappa shape index (κ2) is 5.29. The molecule has 4 bridgehead atoms. The lowest BCUT2D eigenvalue weighted by molar-refractivity contribution is -0.146. The van der Waals surface area contributed by atoms with E-state index in [1.165, 1.54) is 19.3 Å². The van der Waals surface area contributed by atoms with Gasteiger partial charge in [-0.2, -0.15) is 0 Å². The van der Waals surface area contributed by atoms with Crippen LogP contribution >= 0.6 is 0 Å². The number of amides is 1. The largest absolute Gasteiger partial charge is 0.497 e. The maximum atomic E-state index is 12.9. The fourth-order valence-electron chi connectivity index (χ4n) is 5.54. The van der Waals surface area contributed by atoms with Gasteiger partial charge in [0.1, 0.15) is 5.75 Å². The van der Waals surface area contributed by atoms with Crippen molar-refractivity contribution in [3.63, 3.8) is 0 Å². The molecule has 3 nitrogen and oxygen atoms in total. The highest BCUT2D eigenvalue weighted by atomic mass is 16.5. The molecular weight excluding hydrogens is 274 g/mol. The van der Waals surface area contributed by atoms with E-state index in [-0.39, 0.29) is 5.41 Å². The smallest absolute Gasteiger partial charge is 0.226 e. The maximum absolute atomic E-state index is 12.9. The Morgan fingerprint density at radius 3 is 2.41 bits per heavy atom. The fraction of sp³-hybridized carbons (Fsp3) is 0.632. The minimum atomic E-state index is -0.0480. The molecule has 0 unspecified atom stereocenters. The summed E-state index contributed by atoms with van der Waals surface area (Å²) in [5.41, 5.74) is 1.06. The van der Waals surface area contributed by atoms with E-state index in [4.69, 9.17) is 4.74 Å². The maximum Gasteiger partial charge on any atom is 0.226 e. The van der Waals surface area contributed by atoms with Crippen molar-refractivity contribution >= 4 is 5.91 Å². The SMILES string of the molecule is COc1cccc(CNC(=O)C23CC4CC(CC(C4)C2)C3)c1. The van der Waals surface area contributed by atoms with Gasteiger partial charge in [-0.1, -0.05) is 12.1 Å². The van der Waals surface area contributed by atoms with Gasteiger partial charge in [-0.3, -0.25) is 4.79 Å². The van der Waals surface area contributed by atoms with Crippen LogP contribution in [0.2, 0.25) is 0 Å². The van der Waals surface area contributed by atoms with Crippen molar-refractivity contribution in [2.24, 2.45) is 23.2 Å². The highest BCUT2D eigenvalue weighted by Crippen LogP contribution is 2.60. The first-order chi connectivity index (χ1) is 10.7. The normalized spacial score (nSPS) is 35.4. The van der Waals surface area contributed by atoms with Crippen LogP contribution in [-0.4, -0.2) is 13.0 Å². The standard InChI is InChI=1S/C19H25NO2/c1-22-17-4-2-3-13(8-17)12-20-18(21)19-9-14-5-15(10-19)7-16(6-14)11-19/h2-4,8,14-16H,5-7,9-12H2,1H3,(H,20,21). The van der Waals surface area contributed by atoms with E-state index in [0.717, 1.165) is 48.3 Å². The zero-order valence-corrected chi connectivity index (χ0v) is 13.3. The Balaban J connectivity index is 1.44. The van der Waals surface area contributed by atoms with E-state index < -0.39 is 0 Å². The highest BCUT2D eigenvalue weighted by Gasteiger charge is 2.54. The molecule has 4 fully saturated rings. The van der Waals surface area contributed by atoms with Crippen LogP contribution < -0.4 is 10.1 Å². The summed E-state index contributed by atoms with van der Waals surface area (Å²) in [4.78, 5) is 12.9. The Kier molecular flexibility index (Phi) is 3.39. The van der Waals surface area contributed by atoms with Crippen LogP contribution in [0.25, 0.3) is 0 Å². The summed E-state index contributed by atoms with van der Waals surface area (Å²) in [7, 11) is 1.67. The third kappa shape index (κ3) is 2.41. The molecule has 0 aromatic heterocycles. The number of hydrogen-bond acceptors (Lipinski definition) is 2. The summed E-state index contributed by atoms with van der Waals surface area (Å²) in [6.45, 7) is 0.609. The van der Waals surface area contributed by atoms with Crippen LogP contribution in [0.5, 0.6) is 5.75 Å². The van der Waals surface area contributed by atoms with Gasteiger partial charge in [0.15, 0.2) is 0 Å². The molecule has 1 amide bonds. The number of ether oxygens (including phenoxy) is 1. The number of methoxy groups -OCH3 is 1. The first kappa shape index (κ1) is 14.1. The fourth-order valence-corrected chi connectivity index (χ4v) is 5.54. The molecule has 4 aliphatic rings. The minimum absolute atomic E-state index is 0.0480. The average molecular weight is 299 g/mol.